The molecule has 6 heteroatoms. The molecule has 6 nitrogen and oxygen atoms in total. The van der Waals surface area contributed by atoms with Crippen molar-refractivity contribution in [3.05, 3.63) is 83.2 Å². The first-order valence-corrected chi connectivity index (χ1v) is 9.57. The zero-order valence-electron chi connectivity index (χ0n) is 16.7. The van der Waals surface area contributed by atoms with Gasteiger partial charge in [-0.25, -0.2) is 14.8 Å². The lowest BCUT2D eigenvalue weighted by Gasteiger charge is -2.19. The SMILES string of the molecule is Cc1ccccc1OCCN(C)c1ncc(C(=O)O)c(CCc2ccccc2)n1. The summed E-state index contributed by atoms with van der Waals surface area (Å²) < 4.78 is 5.84. The van der Waals surface area contributed by atoms with E-state index in [9.17, 15) is 9.90 Å². The van der Waals surface area contributed by atoms with E-state index in [0.29, 0.717) is 31.2 Å². The first-order valence-electron chi connectivity index (χ1n) is 9.57. The number of para-hydroxylation sites is 1. The average molecular weight is 391 g/mol. The lowest BCUT2D eigenvalue weighted by molar-refractivity contribution is 0.0694. The molecule has 0 bridgehead atoms. The predicted octanol–water partition coefficient (Wildman–Crippen LogP) is 3.78. The maximum atomic E-state index is 11.6. The molecule has 0 unspecified atom stereocenters. The molecule has 1 heterocycles. The van der Waals surface area contributed by atoms with Gasteiger partial charge in [0.05, 0.1) is 17.8 Å². The second-order valence-electron chi connectivity index (χ2n) is 6.86. The molecule has 0 aliphatic rings. The highest BCUT2D eigenvalue weighted by Crippen LogP contribution is 2.17. The van der Waals surface area contributed by atoms with E-state index < -0.39 is 5.97 Å². The number of aryl methyl sites for hydroxylation is 3. The largest absolute Gasteiger partial charge is 0.491 e. The van der Waals surface area contributed by atoms with Crippen LogP contribution >= 0.6 is 0 Å². The molecule has 1 N–H and O–H groups in total. The number of nitrogens with zero attached hydrogens (tertiary/aromatic N) is 3. The molecule has 0 saturated heterocycles. The minimum Gasteiger partial charge on any atom is -0.491 e. The third-order valence-corrected chi connectivity index (χ3v) is 4.70. The van der Waals surface area contributed by atoms with Gasteiger partial charge in [-0.2, -0.15) is 0 Å². The van der Waals surface area contributed by atoms with Gasteiger partial charge in [-0.3, -0.25) is 0 Å². The number of carboxylic acid groups (broad SMARTS) is 1. The van der Waals surface area contributed by atoms with Gasteiger partial charge in [-0.15, -0.1) is 0 Å². The Morgan fingerprint density at radius 3 is 2.52 bits per heavy atom. The van der Waals surface area contributed by atoms with E-state index in [1.165, 1.54) is 6.20 Å². The van der Waals surface area contributed by atoms with Crippen molar-refractivity contribution in [1.82, 2.24) is 9.97 Å². The van der Waals surface area contributed by atoms with Crippen LogP contribution in [0.25, 0.3) is 0 Å². The molecule has 0 fully saturated rings. The Labute approximate surface area is 170 Å². The zero-order chi connectivity index (χ0) is 20.6. The van der Waals surface area contributed by atoms with Crippen LogP contribution < -0.4 is 9.64 Å². The van der Waals surface area contributed by atoms with E-state index in [4.69, 9.17) is 4.74 Å². The van der Waals surface area contributed by atoms with Crippen molar-refractivity contribution in [1.29, 1.82) is 0 Å². The highest BCUT2D eigenvalue weighted by molar-refractivity contribution is 5.88. The van der Waals surface area contributed by atoms with Crippen LogP contribution in [0.3, 0.4) is 0 Å². The van der Waals surface area contributed by atoms with E-state index in [2.05, 4.69) is 9.97 Å². The first-order chi connectivity index (χ1) is 14.0. The Bertz CT molecular complexity index is 961. The first kappa shape index (κ1) is 20.3. The molecule has 3 rings (SSSR count). The summed E-state index contributed by atoms with van der Waals surface area (Å²) in [6.07, 6.45) is 2.65. The monoisotopic (exact) mass is 391 g/mol. The summed E-state index contributed by atoms with van der Waals surface area (Å²) in [6.45, 7) is 3.06. The Morgan fingerprint density at radius 1 is 1.07 bits per heavy atom. The predicted molar refractivity (Wildman–Crippen MR) is 113 cm³/mol. The standard InChI is InChI=1S/C23H25N3O3/c1-17-8-6-7-11-21(17)29-15-14-26(2)23-24-16-19(22(27)28)20(25-23)13-12-18-9-4-3-5-10-18/h3-11,16H,12-15H2,1-2H3,(H,27,28). The fraction of sp³-hybridized carbons (Fsp3) is 0.261. The third-order valence-electron chi connectivity index (χ3n) is 4.70. The molecule has 150 valence electrons. The summed E-state index contributed by atoms with van der Waals surface area (Å²) in [4.78, 5) is 22.2. The summed E-state index contributed by atoms with van der Waals surface area (Å²) in [7, 11) is 1.87. The van der Waals surface area contributed by atoms with Crippen LogP contribution in [0.2, 0.25) is 0 Å². The Morgan fingerprint density at radius 2 is 1.79 bits per heavy atom. The molecule has 0 atom stereocenters. The van der Waals surface area contributed by atoms with E-state index >= 15 is 0 Å². The molecule has 0 aliphatic heterocycles. The van der Waals surface area contributed by atoms with Crippen molar-refractivity contribution >= 4 is 11.9 Å². The minimum atomic E-state index is -1.01. The van der Waals surface area contributed by atoms with Crippen molar-refractivity contribution < 1.29 is 14.6 Å². The molecule has 0 amide bonds. The second kappa shape index (κ2) is 9.68. The number of aromatic nitrogens is 2. The van der Waals surface area contributed by atoms with Crippen LogP contribution in [0.1, 0.15) is 27.2 Å². The molecule has 2 aromatic carbocycles. The number of hydrogen-bond donors (Lipinski definition) is 1. The molecule has 1 aromatic heterocycles. The summed E-state index contributed by atoms with van der Waals surface area (Å²) in [5, 5.41) is 9.47. The number of rotatable bonds is 9. The number of carbonyl (C=O) groups is 1. The van der Waals surface area contributed by atoms with Gasteiger partial charge in [0, 0.05) is 13.2 Å². The van der Waals surface area contributed by atoms with Crippen molar-refractivity contribution in [3.8, 4) is 5.75 Å². The van der Waals surface area contributed by atoms with Gasteiger partial charge in [0.25, 0.3) is 0 Å². The number of ether oxygens (including phenoxy) is 1. The summed E-state index contributed by atoms with van der Waals surface area (Å²) in [6, 6.07) is 17.8. The molecule has 29 heavy (non-hydrogen) atoms. The number of likely N-dealkylation sites (N-methyl/N-ethyl adjacent to an activating group) is 1. The fourth-order valence-corrected chi connectivity index (χ4v) is 2.98. The highest BCUT2D eigenvalue weighted by Gasteiger charge is 2.15. The quantitative estimate of drug-likeness (QED) is 0.598. The molecule has 0 saturated carbocycles. The fourth-order valence-electron chi connectivity index (χ4n) is 2.98. The number of aromatic carboxylic acids is 1. The van der Waals surface area contributed by atoms with Gasteiger partial charge in [-0.05, 0) is 37.0 Å². The van der Waals surface area contributed by atoms with Crippen LogP contribution in [0, 0.1) is 6.92 Å². The summed E-state index contributed by atoms with van der Waals surface area (Å²) >= 11 is 0. The smallest absolute Gasteiger partial charge is 0.339 e. The molecule has 3 aromatic rings. The summed E-state index contributed by atoms with van der Waals surface area (Å²) in [5.74, 6) is 0.336. The topological polar surface area (TPSA) is 75.5 Å². The van der Waals surface area contributed by atoms with E-state index in [-0.39, 0.29) is 5.56 Å². The van der Waals surface area contributed by atoms with E-state index in [1.807, 2.05) is 73.5 Å². The number of benzene rings is 2. The zero-order valence-corrected chi connectivity index (χ0v) is 16.7. The average Bonchev–Trinajstić information content (AvgIpc) is 2.74. The van der Waals surface area contributed by atoms with Gasteiger partial charge in [0.1, 0.15) is 12.4 Å². The van der Waals surface area contributed by atoms with Gasteiger partial charge in [-0.1, -0.05) is 48.5 Å². The van der Waals surface area contributed by atoms with Crippen molar-refractivity contribution in [2.24, 2.45) is 0 Å². The van der Waals surface area contributed by atoms with Gasteiger partial charge < -0.3 is 14.7 Å². The van der Waals surface area contributed by atoms with Crippen LogP contribution in [0.4, 0.5) is 5.95 Å². The Hall–Kier alpha value is -3.41. The van der Waals surface area contributed by atoms with Crippen LogP contribution in [0.15, 0.2) is 60.8 Å². The van der Waals surface area contributed by atoms with Gasteiger partial charge in [0.2, 0.25) is 5.95 Å². The lowest BCUT2D eigenvalue weighted by atomic mass is 10.1. The number of anilines is 1. The lowest BCUT2D eigenvalue weighted by Crippen LogP contribution is -2.26. The van der Waals surface area contributed by atoms with Crippen molar-refractivity contribution in [2.75, 3.05) is 25.1 Å². The van der Waals surface area contributed by atoms with Crippen LogP contribution in [-0.4, -0.2) is 41.2 Å². The molecular formula is C23H25N3O3. The molecule has 0 spiro atoms. The number of hydrogen-bond acceptors (Lipinski definition) is 5. The third kappa shape index (κ3) is 5.54. The molecular weight excluding hydrogens is 366 g/mol. The van der Waals surface area contributed by atoms with Crippen LogP contribution in [-0.2, 0) is 12.8 Å². The summed E-state index contributed by atoms with van der Waals surface area (Å²) in [5.41, 5.74) is 2.91. The minimum absolute atomic E-state index is 0.147. The normalized spacial score (nSPS) is 10.6. The second-order valence-corrected chi connectivity index (χ2v) is 6.86. The molecule has 0 radical (unpaired) electrons. The van der Waals surface area contributed by atoms with Crippen molar-refractivity contribution in [3.63, 3.8) is 0 Å². The van der Waals surface area contributed by atoms with E-state index in [0.717, 1.165) is 23.3 Å². The number of carboxylic acids is 1. The maximum absolute atomic E-state index is 11.6. The Balaban J connectivity index is 1.66. The highest BCUT2D eigenvalue weighted by atomic mass is 16.5. The van der Waals surface area contributed by atoms with E-state index in [1.54, 1.807) is 0 Å². The Kier molecular flexibility index (Phi) is 6.79. The van der Waals surface area contributed by atoms with Gasteiger partial charge in [0.15, 0.2) is 0 Å². The van der Waals surface area contributed by atoms with Crippen LogP contribution in [0.5, 0.6) is 5.75 Å². The maximum Gasteiger partial charge on any atom is 0.339 e. The molecule has 0 aliphatic carbocycles. The van der Waals surface area contributed by atoms with Crippen molar-refractivity contribution in [2.45, 2.75) is 19.8 Å². The van der Waals surface area contributed by atoms with Gasteiger partial charge >= 0.3 is 5.97 Å².